The molecule has 30 heavy (non-hydrogen) atoms. The fourth-order valence-corrected chi connectivity index (χ4v) is 5.53. The van der Waals surface area contributed by atoms with Crippen LogP contribution < -0.4 is 0 Å². The van der Waals surface area contributed by atoms with Gasteiger partial charge in [0.15, 0.2) is 0 Å². The van der Waals surface area contributed by atoms with Gasteiger partial charge in [0.1, 0.15) is 30.5 Å². The van der Waals surface area contributed by atoms with Crippen LogP contribution in [-0.4, -0.2) is 51.4 Å². The molecule has 2 fully saturated rings. The van der Waals surface area contributed by atoms with Gasteiger partial charge in [-0.3, -0.25) is 0 Å². The standard InChI is InChI=1S/C24H26O5S/c25-12-19-21(26)22(27)23(28)24(29-19)18-10-13(5-8-17(18)14-6-7-14)9-16-11-15-3-1-2-4-20(15)30-16/h1-5,8,10-11,14,19,21-28H,6-7,9,12H2/t19-,21-,22+,23-,24+/m1/s1. The first-order valence-electron chi connectivity index (χ1n) is 10.5. The fraction of sp³-hybridized carbons (Fsp3) is 0.417. The van der Waals surface area contributed by atoms with Crippen LogP contribution in [0.1, 0.15) is 46.4 Å². The predicted molar refractivity (Wildman–Crippen MR) is 116 cm³/mol. The Morgan fingerprint density at radius 2 is 1.70 bits per heavy atom. The Balaban J connectivity index is 1.49. The van der Waals surface area contributed by atoms with Gasteiger partial charge in [-0.15, -0.1) is 11.3 Å². The van der Waals surface area contributed by atoms with Crippen molar-refractivity contribution >= 4 is 21.4 Å². The van der Waals surface area contributed by atoms with Crippen LogP contribution in [0.4, 0.5) is 0 Å². The SMILES string of the molecule is OC[C@H]1O[C@@H](c2cc(Cc3cc4ccccc4s3)ccc2C2CC2)[C@H](O)[C@@H](O)[C@@H]1O. The van der Waals surface area contributed by atoms with Crippen molar-refractivity contribution in [1.29, 1.82) is 0 Å². The van der Waals surface area contributed by atoms with E-state index in [0.29, 0.717) is 5.92 Å². The third-order valence-electron chi connectivity index (χ3n) is 6.22. The number of hydrogen-bond acceptors (Lipinski definition) is 6. The Labute approximate surface area is 179 Å². The summed E-state index contributed by atoms with van der Waals surface area (Å²) in [5.41, 5.74) is 3.09. The number of aliphatic hydroxyl groups excluding tert-OH is 4. The molecule has 158 valence electrons. The summed E-state index contributed by atoms with van der Waals surface area (Å²) in [4.78, 5) is 1.26. The van der Waals surface area contributed by atoms with Gasteiger partial charge >= 0.3 is 0 Å². The molecule has 6 heteroatoms. The number of thiophene rings is 1. The van der Waals surface area contributed by atoms with Crippen molar-refractivity contribution in [3.8, 4) is 0 Å². The lowest BCUT2D eigenvalue weighted by Gasteiger charge is -2.41. The minimum atomic E-state index is -1.36. The zero-order valence-corrected chi connectivity index (χ0v) is 17.3. The van der Waals surface area contributed by atoms with Gasteiger partial charge in [-0.1, -0.05) is 36.4 Å². The average Bonchev–Trinajstić information content (AvgIpc) is 3.51. The lowest BCUT2D eigenvalue weighted by Crippen LogP contribution is -2.55. The number of benzene rings is 2. The molecule has 0 amide bonds. The topological polar surface area (TPSA) is 90.2 Å². The maximum Gasteiger partial charge on any atom is 0.113 e. The van der Waals surface area contributed by atoms with Gasteiger partial charge in [0, 0.05) is 16.0 Å². The smallest absolute Gasteiger partial charge is 0.113 e. The Kier molecular flexibility index (Phi) is 5.39. The molecule has 4 N–H and O–H groups in total. The van der Waals surface area contributed by atoms with E-state index in [2.05, 4.69) is 36.4 Å². The summed E-state index contributed by atoms with van der Waals surface area (Å²) in [6, 6.07) is 16.8. The van der Waals surface area contributed by atoms with Crippen LogP contribution in [0.3, 0.4) is 0 Å². The highest BCUT2D eigenvalue weighted by Crippen LogP contribution is 2.46. The average molecular weight is 427 g/mol. The van der Waals surface area contributed by atoms with Gasteiger partial charge in [-0.05, 0) is 53.0 Å². The van der Waals surface area contributed by atoms with E-state index in [-0.39, 0.29) is 0 Å². The highest BCUT2D eigenvalue weighted by Gasteiger charge is 2.45. The highest BCUT2D eigenvalue weighted by molar-refractivity contribution is 7.19. The molecular formula is C24H26O5S. The third-order valence-corrected chi connectivity index (χ3v) is 7.34. The lowest BCUT2D eigenvalue weighted by atomic mass is 9.87. The molecule has 1 aliphatic heterocycles. The molecule has 2 heterocycles. The zero-order valence-electron chi connectivity index (χ0n) is 16.5. The van der Waals surface area contributed by atoms with Crippen LogP contribution in [0.2, 0.25) is 0 Å². The molecule has 2 aliphatic rings. The second kappa shape index (κ2) is 8.04. The molecule has 1 aromatic heterocycles. The monoisotopic (exact) mass is 426 g/mol. The summed E-state index contributed by atoms with van der Waals surface area (Å²) in [7, 11) is 0. The van der Waals surface area contributed by atoms with Crippen molar-refractivity contribution in [3.05, 3.63) is 70.1 Å². The first-order valence-corrected chi connectivity index (χ1v) is 11.3. The van der Waals surface area contributed by atoms with Crippen LogP contribution in [0.25, 0.3) is 10.1 Å². The van der Waals surface area contributed by atoms with E-state index in [4.69, 9.17) is 4.74 Å². The molecule has 1 saturated carbocycles. The van der Waals surface area contributed by atoms with Crippen molar-refractivity contribution in [3.63, 3.8) is 0 Å². The Hall–Kier alpha value is -1.80. The zero-order chi connectivity index (χ0) is 20.8. The summed E-state index contributed by atoms with van der Waals surface area (Å²) in [6.07, 6.45) is -2.66. The van der Waals surface area contributed by atoms with Gasteiger partial charge in [0.25, 0.3) is 0 Å². The summed E-state index contributed by atoms with van der Waals surface area (Å²) in [6.45, 7) is -0.415. The Morgan fingerprint density at radius 3 is 2.43 bits per heavy atom. The number of hydrogen-bond donors (Lipinski definition) is 4. The van der Waals surface area contributed by atoms with Gasteiger partial charge < -0.3 is 25.2 Å². The van der Waals surface area contributed by atoms with Crippen LogP contribution >= 0.6 is 11.3 Å². The molecule has 5 atom stereocenters. The van der Waals surface area contributed by atoms with Gasteiger partial charge in [0.2, 0.25) is 0 Å². The minimum absolute atomic E-state index is 0.415. The molecule has 1 aliphatic carbocycles. The van der Waals surface area contributed by atoms with Gasteiger partial charge in [0.05, 0.1) is 6.61 Å². The minimum Gasteiger partial charge on any atom is -0.394 e. The Bertz CT molecular complexity index is 1010. The first kappa shape index (κ1) is 20.1. The maximum atomic E-state index is 10.7. The van der Waals surface area contributed by atoms with E-state index >= 15 is 0 Å². The second-order valence-corrected chi connectivity index (χ2v) is 9.58. The van der Waals surface area contributed by atoms with Crippen LogP contribution in [0, 0.1) is 0 Å². The second-order valence-electron chi connectivity index (χ2n) is 8.41. The van der Waals surface area contributed by atoms with E-state index in [1.54, 1.807) is 11.3 Å². The van der Waals surface area contributed by atoms with Gasteiger partial charge in [-0.25, -0.2) is 0 Å². The third kappa shape index (κ3) is 3.68. The quantitative estimate of drug-likeness (QED) is 0.504. The van der Waals surface area contributed by atoms with Crippen LogP contribution in [0.5, 0.6) is 0 Å². The number of aliphatic hydroxyl groups is 4. The molecule has 0 bridgehead atoms. The van der Waals surface area contributed by atoms with Crippen LogP contribution in [-0.2, 0) is 11.2 Å². The summed E-state index contributed by atoms with van der Waals surface area (Å²) < 4.78 is 7.14. The van der Waals surface area contributed by atoms with Gasteiger partial charge in [-0.2, -0.15) is 0 Å². The van der Waals surface area contributed by atoms with Crippen molar-refractivity contribution in [2.45, 2.75) is 55.7 Å². The molecule has 3 aromatic rings. The van der Waals surface area contributed by atoms with Crippen molar-refractivity contribution in [1.82, 2.24) is 0 Å². The number of rotatable bonds is 5. The summed E-state index contributed by atoms with van der Waals surface area (Å²) in [5.74, 6) is 0.436. The van der Waals surface area contributed by atoms with E-state index < -0.39 is 37.1 Å². The molecule has 5 nitrogen and oxygen atoms in total. The number of fused-ring (bicyclic) bond motifs is 1. The first-order chi connectivity index (χ1) is 14.5. The molecular weight excluding hydrogens is 400 g/mol. The van der Waals surface area contributed by atoms with Crippen molar-refractivity contribution in [2.75, 3.05) is 6.61 Å². The maximum absolute atomic E-state index is 10.7. The molecule has 2 aromatic carbocycles. The number of ether oxygens (including phenoxy) is 1. The van der Waals surface area contributed by atoms with Crippen LogP contribution in [0.15, 0.2) is 48.5 Å². The lowest BCUT2D eigenvalue weighted by molar-refractivity contribution is -0.231. The Morgan fingerprint density at radius 1 is 0.900 bits per heavy atom. The summed E-state index contributed by atoms with van der Waals surface area (Å²) >= 11 is 1.77. The molecule has 0 spiro atoms. The summed E-state index contributed by atoms with van der Waals surface area (Å²) in [5, 5.41) is 41.9. The van der Waals surface area contributed by atoms with E-state index in [0.717, 1.165) is 36.0 Å². The normalized spacial score (nSPS) is 29.4. The van der Waals surface area contributed by atoms with Crippen molar-refractivity contribution < 1.29 is 25.2 Å². The van der Waals surface area contributed by atoms with E-state index in [1.165, 1.54) is 15.0 Å². The largest absolute Gasteiger partial charge is 0.394 e. The van der Waals surface area contributed by atoms with Crippen molar-refractivity contribution in [2.24, 2.45) is 0 Å². The molecule has 5 rings (SSSR count). The molecule has 0 unspecified atom stereocenters. The highest BCUT2D eigenvalue weighted by atomic mass is 32.1. The molecule has 0 radical (unpaired) electrons. The fourth-order valence-electron chi connectivity index (χ4n) is 4.43. The van der Waals surface area contributed by atoms with E-state index in [1.807, 2.05) is 12.1 Å². The van der Waals surface area contributed by atoms with E-state index in [9.17, 15) is 20.4 Å². The predicted octanol–water partition coefficient (Wildman–Crippen LogP) is 2.88. The molecule has 1 saturated heterocycles.